The first-order valence-electron chi connectivity index (χ1n) is 7.02. The molecule has 1 unspecified atom stereocenters. The maximum absolute atomic E-state index is 11.8. The molecule has 0 bridgehead atoms. The Hall–Kier alpha value is -1.55. The Kier molecular flexibility index (Phi) is 6.97. The van der Waals surface area contributed by atoms with Gasteiger partial charge in [-0.2, -0.15) is 0 Å². The highest BCUT2D eigenvalue weighted by Crippen LogP contribution is 2.10. The lowest BCUT2D eigenvalue weighted by Gasteiger charge is -2.14. The molecular formula is C15H25N3O. The molecule has 19 heavy (non-hydrogen) atoms. The van der Waals surface area contributed by atoms with Crippen LogP contribution in [0.2, 0.25) is 0 Å². The molecule has 1 aromatic rings. The summed E-state index contributed by atoms with van der Waals surface area (Å²) in [6, 6.07) is 7.63. The first-order valence-corrected chi connectivity index (χ1v) is 7.02. The van der Waals surface area contributed by atoms with Gasteiger partial charge in [-0.1, -0.05) is 38.3 Å². The van der Waals surface area contributed by atoms with E-state index in [0.717, 1.165) is 24.1 Å². The first-order chi connectivity index (χ1) is 9.15. The summed E-state index contributed by atoms with van der Waals surface area (Å²) in [5.41, 5.74) is 7.36. The lowest BCUT2D eigenvalue weighted by Crippen LogP contribution is -2.36. The third-order valence-corrected chi connectivity index (χ3v) is 3.04. The minimum Gasteiger partial charge on any atom is -0.335 e. The highest BCUT2D eigenvalue weighted by Gasteiger charge is 2.07. The molecule has 106 valence electrons. The Morgan fingerprint density at radius 3 is 2.84 bits per heavy atom. The molecule has 0 aliphatic rings. The minimum absolute atomic E-state index is 0.154. The van der Waals surface area contributed by atoms with Crippen molar-refractivity contribution in [3.63, 3.8) is 0 Å². The van der Waals surface area contributed by atoms with E-state index in [9.17, 15) is 4.79 Å². The Morgan fingerprint density at radius 1 is 1.37 bits per heavy atom. The van der Waals surface area contributed by atoms with Gasteiger partial charge in [0.2, 0.25) is 0 Å². The van der Waals surface area contributed by atoms with Crippen molar-refractivity contribution < 1.29 is 4.79 Å². The van der Waals surface area contributed by atoms with Gasteiger partial charge in [-0.25, -0.2) is 4.79 Å². The number of hydrogen-bond acceptors (Lipinski definition) is 2. The molecule has 0 heterocycles. The smallest absolute Gasteiger partial charge is 0.319 e. The fraction of sp³-hybridized carbons (Fsp3) is 0.533. The number of carbonyl (C=O) groups is 1. The van der Waals surface area contributed by atoms with Crippen molar-refractivity contribution in [2.75, 3.05) is 5.32 Å². The van der Waals surface area contributed by atoms with Crippen LogP contribution in [0.4, 0.5) is 10.5 Å². The fourth-order valence-electron chi connectivity index (χ4n) is 1.94. The number of rotatable bonds is 7. The second kappa shape index (κ2) is 8.53. The second-order valence-electron chi connectivity index (χ2n) is 4.90. The van der Waals surface area contributed by atoms with Crippen LogP contribution in [-0.2, 0) is 6.54 Å². The summed E-state index contributed by atoms with van der Waals surface area (Å²) < 4.78 is 0. The first kappa shape index (κ1) is 15.5. The number of nitrogens with one attached hydrogen (secondary N) is 2. The maximum Gasteiger partial charge on any atom is 0.319 e. The maximum atomic E-state index is 11.8. The molecule has 0 radical (unpaired) electrons. The molecule has 0 fully saturated rings. The van der Waals surface area contributed by atoms with Gasteiger partial charge in [0.05, 0.1) is 0 Å². The molecule has 0 aromatic heterocycles. The molecule has 4 heteroatoms. The number of anilines is 1. The monoisotopic (exact) mass is 263 g/mol. The van der Waals surface area contributed by atoms with Crippen LogP contribution in [-0.4, -0.2) is 12.1 Å². The Morgan fingerprint density at radius 2 is 2.16 bits per heavy atom. The van der Waals surface area contributed by atoms with Crippen LogP contribution >= 0.6 is 0 Å². The van der Waals surface area contributed by atoms with Crippen molar-refractivity contribution in [1.82, 2.24) is 5.32 Å². The summed E-state index contributed by atoms with van der Waals surface area (Å²) in [5.74, 6) is 0. The van der Waals surface area contributed by atoms with Crippen LogP contribution in [0.25, 0.3) is 0 Å². The van der Waals surface area contributed by atoms with Crippen molar-refractivity contribution in [3.8, 4) is 0 Å². The van der Waals surface area contributed by atoms with Crippen LogP contribution < -0.4 is 16.4 Å². The molecule has 4 N–H and O–H groups in total. The van der Waals surface area contributed by atoms with Gasteiger partial charge in [-0.15, -0.1) is 0 Å². The van der Waals surface area contributed by atoms with E-state index in [1.807, 2.05) is 31.2 Å². The lowest BCUT2D eigenvalue weighted by molar-refractivity contribution is 0.248. The van der Waals surface area contributed by atoms with E-state index >= 15 is 0 Å². The van der Waals surface area contributed by atoms with Gasteiger partial charge in [0.15, 0.2) is 0 Å². The predicted octanol–water partition coefficient (Wildman–Crippen LogP) is 3.24. The number of nitrogens with two attached hydrogens (primary N) is 1. The van der Waals surface area contributed by atoms with Crippen molar-refractivity contribution in [3.05, 3.63) is 29.8 Å². The van der Waals surface area contributed by atoms with E-state index in [1.165, 1.54) is 12.8 Å². The van der Waals surface area contributed by atoms with E-state index in [2.05, 4.69) is 17.6 Å². The minimum atomic E-state index is -0.154. The van der Waals surface area contributed by atoms with Crippen LogP contribution in [0.1, 0.15) is 45.1 Å². The average Bonchev–Trinajstić information content (AvgIpc) is 2.39. The molecule has 0 spiro atoms. The number of carbonyl (C=O) groups excluding carboxylic acids is 1. The van der Waals surface area contributed by atoms with E-state index < -0.39 is 0 Å². The topological polar surface area (TPSA) is 67.2 Å². The Balaban J connectivity index is 2.37. The summed E-state index contributed by atoms with van der Waals surface area (Å²) in [6.45, 7) is 4.69. The molecular weight excluding hydrogens is 238 g/mol. The molecule has 0 aliphatic carbocycles. The van der Waals surface area contributed by atoms with Crippen molar-refractivity contribution in [1.29, 1.82) is 0 Å². The number of benzene rings is 1. The van der Waals surface area contributed by atoms with Crippen LogP contribution in [0, 0.1) is 0 Å². The normalized spacial score (nSPS) is 11.9. The van der Waals surface area contributed by atoms with Crippen molar-refractivity contribution in [2.24, 2.45) is 5.73 Å². The van der Waals surface area contributed by atoms with Crippen LogP contribution in [0.15, 0.2) is 24.3 Å². The van der Waals surface area contributed by atoms with Gasteiger partial charge in [0.1, 0.15) is 0 Å². The zero-order chi connectivity index (χ0) is 14.1. The Labute approximate surface area is 115 Å². The molecule has 1 rings (SSSR count). The second-order valence-corrected chi connectivity index (χ2v) is 4.90. The van der Waals surface area contributed by atoms with Gasteiger partial charge < -0.3 is 16.4 Å². The highest BCUT2D eigenvalue weighted by molar-refractivity contribution is 5.89. The zero-order valence-corrected chi connectivity index (χ0v) is 11.9. The summed E-state index contributed by atoms with van der Waals surface area (Å²) in [6.07, 6.45) is 4.59. The molecule has 0 saturated carbocycles. The summed E-state index contributed by atoms with van der Waals surface area (Å²) >= 11 is 0. The van der Waals surface area contributed by atoms with E-state index in [0.29, 0.717) is 6.54 Å². The third-order valence-electron chi connectivity index (χ3n) is 3.04. The largest absolute Gasteiger partial charge is 0.335 e. The Bertz CT molecular complexity index is 393. The molecule has 4 nitrogen and oxygen atoms in total. The quantitative estimate of drug-likeness (QED) is 0.661. The summed E-state index contributed by atoms with van der Waals surface area (Å²) in [4.78, 5) is 11.8. The van der Waals surface area contributed by atoms with Crippen LogP contribution in [0.3, 0.4) is 0 Å². The van der Waals surface area contributed by atoms with Crippen LogP contribution in [0.5, 0.6) is 0 Å². The molecule has 0 saturated heterocycles. The fourth-order valence-corrected chi connectivity index (χ4v) is 1.94. The van der Waals surface area contributed by atoms with E-state index in [1.54, 1.807) is 0 Å². The van der Waals surface area contributed by atoms with Crippen molar-refractivity contribution in [2.45, 2.75) is 52.1 Å². The molecule has 1 atom stereocenters. The average molecular weight is 263 g/mol. The summed E-state index contributed by atoms with van der Waals surface area (Å²) in [5, 5.41) is 5.78. The van der Waals surface area contributed by atoms with Crippen molar-refractivity contribution >= 4 is 11.7 Å². The van der Waals surface area contributed by atoms with Gasteiger partial charge in [0, 0.05) is 18.3 Å². The molecule has 1 aromatic carbocycles. The standard InChI is InChI=1S/C15H25N3O/c1-3-4-5-7-12(2)17-15(19)18-14-9-6-8-13(10-14)11-16/h6,8-10,12H,3-5,7,11,16H2,1-2H3,(H2,17,18,19). The van der Waals surface area contributed by atoms with E-state index in [-0.39, 0.29) is 12.1 Å². The number of unbranched alkanes of at least 4 members (excludes halogenated alkanes) is 2. The summed E-state index contributed by atoms with van der Waals surface area (Å²) in [7, 11) is 0. The van der Waals surface area contributed by atoms with Gasteiger partial charge >= 0.3 is 6.03 Å². The number of hydrogen-bond donors (Lipinski definition) is 3. The SMILES string of the molecule is CCCCCC(C)NC(=O)Nc1cccc(CN)c1. The van der Waals surface area contributed by atoms with E-state index in [4.69, 9.17) is 5.73 Å². The van der Waals surface area contributed by atoms with Gasteiger partial charge in [0.25, 0.3) is 0 Å². The number of urea groups is 1. The molecule has 2 amide bonds. The molecule has 0 aliphatic heterocycles. The number of amides is 2. The zero-order valence-electron chi connectivity index (χ0n) is 11.9. The third kappa shape index (κ3) is 6.25. The van der Waals surface area contributed by atoms with Gasteiger partial charge in [-0.3, -0.25) is 0 Å². The van der Waals surface area contributed by atoms with Gasteiger partial charge in [-0.05, 0) is 31.0 Å². The highest BCUT2D eigenvalue weighted by atomic mass is 16.2. The lowest BCUT2D eigenvalue weighted by atomic mass is 10.1. The predicted molar refractivity (Wildman–Crippen MR) is 80.1 cm³/mol.